The molecule has 1 amide bonds. The molecular weight excluding hydrogens is 310 g/mol. The van der Waals surface area contributed by atoms with E-state index in [4.69, 9.17) is 10.7 Å². The standard InChI is InChI=1S/C21H21N3O/c22-20(25)18-13-16-9-4-5-11-19(16)23-21(18)24-12-6-10-17(14-24)15-7-2-1-3-8-15/h1-5,7-9,11,13,17H,6,10,12,14H2,(H2,22,25). The number of benzene rings is 2. The Morgan fingerprint density at radius 1 is 1.08 bits per heavy atom. The lowest BCUT2D eigenvalue weighted by Crippen LogP contribution is -2.36. The molecule has 0 aliphatic carbocycles. The molecule has 4 rings (SSSR count). The summed E-state index contributed by atoms with van der Waals surface area (Å²) in [7, 11) is 0. The van der Waals surface area contributed by atoms with Crippen LogP contribution in [0.3, 0.4) is 0 Å². The molecule has 0 bridgehead atoms. The number of pyridine rings is 1. The van der Waals surface area contributed by atoms with Crippen LogP contribution in [0.25, 0.3) is 10.9 Å². The molecule has 126 valence electrons. The summed E-state index contributed by atoms with van der Waals surface area (Å²) < 4.78 is 0. The van der Waals surface area contributed by atoms with E-state index in [9.17, 15) is 4.79 Å². The van der Waals surface area contributed by atoms with Gasteiger partial charge in [-0.3, -0.25) is 4.79 Å². The summed E-state index contributed by atoms with van der Waals surface area (Å²) in [6, 6.07) is 20.3. The number of hydrogen-bond acceptors (Lipinski definition) is 3. The maximum absolute atomic E-state index is 12.0. The normalized spacial score (nSPS) is 17.6. The molecule has 1 aliphatic heterocycles. The largest absolute Gasteiger partial charge is 0.365 e. The molecule has 1 aromatic heterocycles. The van der Waals surface area contributed by atoms with E-state index >= 15 is 0 Å². The van der Waals surface area contributed by atoms with E-state index in [0.29, 0.717) is 17.3 Å². The molecule has 0 saturated carbocycles. The van der Waals surface area contributed by atoms with Gasteiger partial charge in [0.2, 0.25) is 0 Å². The van der Waals surface area contributed by atoms with Gasteiger partial charge in [-0.25, -0.2) is 4.98 Å². The Kier molecular flexibility index (Phi) is 4.10. The van der Waals surface area contributed by atoms with E-state index in [1.165, 1.54) is 5.56 Å². The van der Waals surface area contributed by atoms with Crippen molar-refractivity contribution in [1.82, 2.24) is 4.98 Å². The molecule has 1 fully saturated rings. The second-order valence-electron chi connectivity index (χ2n) is 6.61. The minimum atomic E-state index is -0.421. The van der Waals surface area contributed by atoms with Gasteiger partial charge in [0.25, 0.3) is 5.91 Å². The number of carbonyl (C=O) groups excluding carboxylic acids is 1. The Bertz CT molecular complexity index is 907. The van der Waals surface area contributed by atoms with Crippen molar-refractivity contribution < 1.29 is 4.79 Å². The number of aromatic nitrogens is 1. The summed E-state index contributed by atoms with van der Waals surface area (Å²) in [6.45, 7) is 1.75. The topological polar surface area (TPSA) is 59.2 Å². The second-order valence-corrected chi connectivity index (χ2v) is 6.61. The maximum Gasteiger partial charge on any atom is 0.252 e. The quantitative estimate of drug-likeness (QED) is 0.796. The maximum atomic E-state index is 12.0. The number of anilines is 1. The number of rotatable bonds is 3. The van der Waals surface area contributed by atoms with Crippen LogP contribution in [0.2, 0.25) is 0 Å². The van der Waals surface area contributed by atoms with Crippen molar-refractivity contribution in [3.63, 3.8) is 0 Å². The number of nitrogens with two attached hydrogens (primary N) is 1. The van der Waals surface area contributed by atoms with Gasteiger partial charge in [-0.1, -0.05) is 48.5 Å². The first-order chi connectivity index (χ1) is 12.2. The fourth-order valence-electron chi connectivity index (χ4n) is 3.69. The van der Waals surface area contributed by atoms with E-state index < -0.39 is 5.91 Å². The number of carbonyl (C=O) groups is 1. The number of primary amides is 1. The van der Waals surface area contributed by atoms with Gasteiger partial charge >= 0.3 is 0 Å². The van der Waals surface area contributed by atoms with Crippen molar-refractivity contribution in [3.8, 4) is 0 Å². The van der Waals surface area contributed by atoms with Crippen molar-refractivity contribution in [2.75, 3.05) is 18.0 Å². The SMILES string of the molecule is NC(=O)c1cc2ccccc2nc1N1CCCC(c2ccccc2)C1. The van der Waals surface area contributed by atoms with Gasteiger partial charge in [0.05, 0.1) is 11.1 Å². The Balaban J connectivity index is 1.72. The van der Waals surface area contributed by atoms with Crippen molar-refractivity contribution >= 4 is 22.6 Å². The average Bonchev–Trinajstić information content (AvgIpc) is 2.67. The van der Waals surface area contributed by atoms with Crippen LogP contribution in [0.1, 0.15) is 34.7 Å². The molecule has 2 heterocycles. The zero-order valence-corrected chi connectivity index (χ0v) is 14.1. The minimum absolute atomic E-state index is 0.421. The van der Waals surface area contributed by atoms with Crippen molar-refractivity contribution in [2.45, 2.75) is 18.8 Å². The Labute approximate surface area is 147 Å². The van der Waals surface area contributed by atoms with Gasteiger partial charge in [-0.15, -0.1) is 0 Å². The minimum Gasteiger partial charge on any atom is -0.365 e. The smallest absolute Gasteiger partial charge is 0.252 e. The first kappa shape index (κ1) is 15.6. The predicted octanol–water partition coefficient (Wildman–Crippen LogP) is 3.72. The fourth-order valence-corrected chi connectivity index (χ4v) is 3.69. The summed E-state index contributed by atoms with van der Waals surface area (Å²) in [4.78, 5) is 19.0. The Hall–Kier alpha value is -2.88. The molecule has 0 radical (unpaired) electrons. The molecule has 4 heteroatoms. The number of piperidine rings is 1. The van der Waals surface area contributed by atoms with E-state index in [0.717, 1.165) is 36.8 Å². The molecule has 2 aromatic carbocycles. The third-order valence-electron chi connectivity index (χ3n) is 4.96. The van der Waals surface area contributed by atoms with E-state index in [-0.39, 0.29) is 0 Å². The summed E-state index contributed by atoms with van der Waals surface area (Å²) in [6.07, 6.45) is 2.23. The van der Waals surface area contributed by atoms with Gasteiger partial charge in [-0.2, -0.15) is 0 Å². The molecule has 25 heavy (non-hydrogen) atoms. The first-order valence-electron chi connectivity index (χ1n) is 8.72. The van der Waals surface area contributed by atoms with Crippen molar-refractivity contribution in [1.29, 1.82) is 0 Å². The van der Waals surface area contributed by atoms with Crippen molar-refractivity contribution in [2.24, 2.45) is 5.73 Å². The van der Waals surface area contributed by atoms with Crippen LogP contribution in [0.4, 0.5) is 5.82 Å². The highest BCUT2D eigenvalue weighted by atomic mass is 16.1. The number of amides is 1. The van der Waals surface area contributed by atoms with Crippen LogP contribution in [0.5, 0.6) is 0 Å². The molecule has 1 aliphatic rings. The van der Waals surface area contributed by atoms with Crippen LogP contribution >= 0.6 is 0 Å². The monoisotopic (exact) mass is 331 g/mol. The summed E-state index contributed by atoms with van der Waals surface area (Å²) in [5.74, 6) is 0.742. The molecule has 0 spiro atoms. The zero-order chi connectivity index (χ0) is 17.2. The number of nitrogens with zero attached hydrogens (tertiary/aromatic N) is 2. The molecule has 2 N–H and O–H groups in total. The van der Waals surface area contributed by atoms with Crippen molar-refractivity contribution in [3.05, 3.63) is 71.8 Å². The third kappa shape index (κ3) is 3.07. The Morgan fingerprint density at radius 2 is 1.84 bits per heavy atom. The summed E-state index contributed by atoms with van der Waals surface area (Å²) in [5, 5.41) is 0.941. The van der Waals surface area contributed by atoms with Gasteiger partial charge < -0.3 is 10.6 Å². The molecule has 4 nitrogen and oxygen atoms in total. The van der Waals surface area contributed by atoms with Crippen LogP contribution in [0.15, 0.2) is 60.7 Å². The zero-order valence-electron chi connectivity index (χ0n) is 14.1. The average molecular weight is 331 g/mol. The molecule has 1 saturated heterocycles. The fraction of sp³-hybridized carbons (Fsp3) is 0.238. The van der Waals surface area contributed by atoms with Crippen LogP contribution < -0.4 is 10.6 Å². The third-order valence-corrected chi connectivity index (χ3v) is 4.96. The number of para-hydroxylation sites is 1. The number of hydrogen-bond donors (Lipinski definition) is 1. The molecular formula is C21H21N3O. The summed E-state index contributed by atoms with van der Waals surface area (Å²) >= 11 is 0. The van der Waals surface area contributed by atoms with E-state index in [1.807, 2.05) is 36.4 Å². The lowest BCUT2D eigenvalue weighted by molar-refractivity contribution is 0.100. The predicted molar refractivity (Wildman–Crippen MR) is 101 cm³/mol. The highest BCUT2D eigenvalue weighted by molar-refractivity contribution is 6.01. The number of fused-ring (bicyclic) bond motifs is 1. The van der Waals surface area contributed by atoms with E-state index in [1.54, 1.807) is 0 Å². The Morgan fingerprint density at radius 3 is 2.64 bits per heavy atom. The first-order valence-corrected chi connectivity index (χ1v) is 8.72. The second kappa shape index (κ2) is 6.55. The van der Waals surface area contributed by atoms with Crippen LogP contribution in [-0.4, -0.2) is 24.0 Å². The lowest BCUT2D eigenvalue weighted by atomic mass is 9.90. The van der Waals surface area contributed by atoms with Gasteiger partial charge in [0.1, 0.15) is 5.82 Å². The van der Waals surface area contributed by atoms with Crippen LogP contribution in [0, 0.1) is 0 Å². The van der Waals surface area contributed by atoms with Crippen LogP contribution in [-0.2, 0) is 0 Å². The highest BCUT2D eigenvalue weighted by Gasteiger charge is 2.25. The van der Waals surface area contributed by atoms with Gasteiger partial charge in [0.15, 0.2) is 0 Å². The van der Waals surface area contributed by atoms with E-state index in [2.05, 4.69) is 29.2 Å². The van der Waals surface area contributed by atoms with Gasteiger partial charge in [-0.05, 0) is 30.5 Å². The van der Waals surface area contributed by atoms with Gasteiger partial charge in [0, 0.05) is 24.4 Å². The highest BCUT2D eigenvalue weighted by Crippen LogP contribution is 2.31. The summed E-state index contributed by atoms with van der Waals surface area (Å²) in [5.41, 5.74) is 8.39. The molecule has 1 atom stereocenters. The lowest BCUT2D eigenvalue weighted by Gasteiger charge is -2.34. The molecule has 3 aromatic rings. The molecule has 1 unspecified atom stereocenters.